The van der Waals surface area contributed by atoms with Crippen molar-refractivity contribution in [1.82, 2.24) is 9.97 Å². The van der Waals surface area contributed by atoms with E-state index in [2.05, 4.69) is 47.3 Å². The van der Waals surface area contributed by atoms with Crippen LogP contribution in [0.5, 0.6) is 0 Å². The summed E-state index contributed by atoms with van der Waals surface area (Å²) in [5.74, 6) is 1.15. The Morgan fingerprint density at radius 2 is 1.96 bits per heavy atom. The summed E-state index contributed by atoms with van der Waals surface area (Å²) in [5, 5.41) is 4.16. The number of benzene rings is 1. The van der Waals surface area contributed by atoms with Crippen molar-refractivity contribution in [2.45, 2.75) is 46.6 Å². The first-order chi connectivity index (χ1) is 11.4. The topological polar surface area (TPSA) is 57.8 Å². The van der Waals surface area contributed by atoms with Crippen LogP contribution in [-0.4, -0.2) is 9.97 Å². The third-order valence-corrected chi connectivity index (χ3v) is 5.51. The Morgan fingerprint density at radius 1 is 1.21 bits per heavy atom. The summed E-state index contributed by atoms with van der Waals surface area (Å²) in [5.41, 5.74) is 3.30. The first-order valence-electron chi connectivity index (χ1n) is 8.23. The van der Waals surface area contributed by atoms with Crippen LogP contribution in [0.4, 0.5) is 5.69 Å². The number of H-pyrrole nitrogens is 1. The zero-order chi connectivity index (χ0) is 17.4. The molecule has 1 aromatic carbocycles. The predicted molar refractivity (Wildman–Crippen MR) is 102 cm³/mol. The molecule has 0 aliphatic rings. The van der Waals surface area contributed by atoms with Gasteiger partial charge in [0.25, 0.3) is 5.56 Å². The second-order valence-electron chi connectivity index (χ2n) is 6.56. The van der Waals surface area contributed by atoms with Crippen molar-refractivity contribution in [3.63, 3.8) is 0 Å². The van der Waals surface area contributed by atoms with Gasteiger partial charge in [-0.15, -0.1) is 11.3 Å². The summed E-state index contributed by atoms with van der Waals surface area (Å²) < 4.78 is 0. The van der Waals surface area contributed by atoms with Crippen LogP contribution in [0.1, 0.15) is 54.6 Å². The number of aromatic amines is 1. The van der Waals surface area contributed by atoms with Crippen molar-refractivity contribution in [1.29, 1.82) is 0 Å². The van der Waals surface area contributed by atoms with Crippen LogP contribution < -0.4 is 10.9 Å². The maximum Gasteiger partial charge on any atom is 0.259 e. The van der Waals surface area contributed by atoms with Gasteiger partial charge in [0.15, 0.2) is 0 Å². The fourth-order valence-electron chi connectivity index (χ4n) is 2.78. The fourth-order valence-corrected chi connectivity index (χ4v) is 3.82. The average molecular weight is 341 g/mol. The molecule has 3 rings (SSSR count). The SMILES string of the molecule is Cc1sc2nc([C@@H](C)Nc3cccc(C(C)C)c3)[nH]c(=O)c2c1C. The highest BCUT2D eigenvalue weighted by Crippen LogP contribution is 2.27. The van der Waals surface area contributed by atoms with Crippen molar-refractivity contribution in [2.75, 3.05) is 5.32 Å². The molecule has 0 amide bonds. The lowest BCUT2D eigenvalue weighted by Gasteiger charge is -2.16. The molecule has 4 nitrogen and oxygen atoms in total. The van der Waals surface area contributed by atoms with Gasteiger partial charge in [0, 0.05) is 10.6 Å². The molecule has 0 spiro atoms. The number of nitrogens with one attached hydrogen (secondary N) is 2. The zero-order valence-corrected chi connectivity index (χ0v) is 15.5. The Kier molecular flexibility index (Phi) is 4.45. The van der Waals surface area contributed by atoms with E-state index in [9.17, 15) is 4.79 Å². The lowest BCUT2D eigenvalue weighted by atomic mass is 10.0. The molecule has 0 radical (unpaired) electrons. The van der Waals surface area contributed by atoms with E-state index in [1.54, 1.807) is 11.3 Å². The maximum atomic E-state index is 12.4. The highest BCUT2D eigenvalue weighted by molar-refractivity contribution is 7.18. The number of aromatic nitrogens is 2. The molecule has 0 saturated heterocycles. The van der Waals surface area contributed by atoms with E-state index >= 15 is 0 Å². The first-order valence-corrected chi connectivity index (χ1v) is 9.05. The van der Waals surface area contributed by atoms with E-state index in [1.165, 1.54) is 5.56 Å². The van der Waals surface area contributed by atoms with Gasteiger partial charge in [-0.3, -0.25) is 4.79 Å². The second-order valence-corrected chi connectivity index (χ2v) is 7.76. The molecule has 126 valence electrons. The number of hydrogen-bond donors (Lipinski definition) is 2. The van der Waals surface area contributed by atoms with Crippen LogP contribution in [0.2, 0.25) is 0 Å². The number of aryl methyl sites for hydroxylation is 2. The van der Waals surface area contributed by atoms with E-state index in [4.69, 9.17) is 0 Å². The Balaban J connectivity index is 1.93. The van der Waals surface area contributed by atoms with Gasteiger partial charge in [0.05, 0.1) is 11.4 Å². The first kappa shape index (κ1) is 16.7. The number of nitrogens with zero attached hydrogens (tertiary/aromatic N) is 1. The normalized spacial score (nSPS) is 12.8. The standard InChI is InChI=1S/C19H23N3OS/c1-10(2)14-7-6-8-15(9-14)20-12(4)17-21-18(23)16-11(3)13(5)24-19(16)22-17/h6-10,12,20H,1-5H3,(H,21,22,23)/t12-/m1/s1. The van der Waals surface area contributed by atoms with Crippen LogP contribution in [-0.2, 0) is 0 Å². The van der Waals surface area contributed by atoms with Crippen LogP contribution in [0.15, 0.2) is 29.1 Å². The largest absolute Gasteiger partial charge is 0.375 e. The number of fused-ring (bicyclic) bond motifs is 1. The molecule has 2 heterocycles. The summed E-state index contributed by atoms with van der Waals surface area (Å²) in [4.78, 5) is 22.0. The van der Waals surface area contributed by atoms with E-state index in [0.29, 0.717) is 11.7 Å². The Hall–Kier alpha value is -2.14. The molecule has 5 heteroatoms. The minimum absolute atomic E-state index is 0.0542. The number of thiophene rings is 1. The molecule has 1 atom stereocenters. The summed E-state index contributed by atoms with van der Waals surface area (Å²) >= 11 is 1.58. The average Bonchev–Trinajstić information content (AvgIpc) is 2.82. The zero-order valence-electron chi connectivity index (χ0n) is 14.7. The van der Waals surface area contributed by atoms with Crippen molar-refractivity contribution in [3.8, 4) is 0 Å². The molecule has 0 fully saturated rings. The van der Waals surface area contributed by atoms with E-state index in [0.717, 1.165) is 26.3 Å². The quantitative estimate of drug-likeness (QED) is 0.710. The minimum atomic E-state index is -0.0766. The summed E-state index contributed by atoms with van der Waals surface area (Å²) in [7, 11) is 0. The molecule has 2 aromatic heterocycles. The van der Waals surface area contributed by atoms with Crippen LogP contribution >= 0.6 is 11.3 Å². The van der Waals surface area contributed by atoms with Gasteiger partial charge < -0.3 is 10.3 Å². The van der Waals surface area contributed by atoms with Gasteiger partial charge in [-0.2, -0.15) is 0 Å². The molecular weight excluding hydrogens is 318 g/mol. The molecule has 24 heavy (non-hydrogen) atoms. The number of rotatable bonds is 4. The third-order valence-electron chi connectivity index (χ3n) is 4.40. The lowest BCUT2D eigenvalue weighted by Crippen LogP contribution is -2.17. The Morgan fingerprint density at radius 3 is 2.67 bits per heavy atom. The molecule has 3 aromatic rings. The molecule has 0 aliphatic carbocycles. The van der Waals surface area contributed by atoms with Crippen molar-refractivity contribution in [2.24, 2.45) is 0 Å². The van der Waals surface area contributed by atoms with Crippen LogP contribution in [0.3, 0.4) is 0 Å². The molecule has 2 N–H and O–H groups in total. The molecule has 0 unspecified atom stereocenters. The Bertz CT molecular complexity index is 939. The van der Waals surface area contributed by atoms with Crippen molar-refractivity contribution < 1.29 is 0 Å². The smallest absolute Gasteiger partial charge is 0.259 e. The van der Waals surface area contributed by atoms with Crippen molar-refractivity contribution >= 4 is 27.2 Å². The summed E-state index contributed by atoms with van der Waals surface area (Å²) in [6.45, 7) is 10.4. The fraction of sp³-hybridized carbons (Fsp3) is 0.368. The highest BCUT2D eigenvalue weighted by Gasteiger charge is 2.15. The molecule has 0 aliphatic heterocycles. The van der Waals surface area contributed by atoms with Gasteiger partial charge in [-0.05, 0) is 49.9 Å². The minimum Gasteiger partial charge on any atom is -0.375 e. The maximum absolute atomic E-state index is 12.4. The van der Waals surface area contributed by atoms with E-state index < -0.39 is 0 Å². The molecule has 0 saturated carbocycles. The molecular formula is C19H23N3OS. The van der Waals surface area contributed by atoms with Gasteiger partial charge in [0.1, 0.15) is 10.7 Å². The summed E-state index contributed by atoms with van der Waals surface area (Å²) in [6, 6.07) is 8.29. The van der Waals surface area contributed by atoms with Gasteiger partial charge >= 0.3 is 0 Å². The number of hydrogen-bond acceptors (Lipinski definition) is 4. The predicted octanol–water partition coefficient (Wildman–Crippen LogP) is 4.90. The van der Waals surface area contributed by atoms with Crippen LogP contribution in [0.25, 0.3) is 10.2 Å². The molecule has 0 bridgehead atoms. The highest BCUT2D eigenvalue weighted by atomic mass is 32.1. The van der Waals surface area contributed by atoms with Gasteiger partial charge in [-0.25, -0.2) is 4.98 Å². The van der Waals surface area contributed by atoms with Gasteiger partial charge in [0.2, 0.25) is 0 Å². The van der Waals surface area contributed by atoms with Gasteiger partial charge in [-0.1, -0.05) is 26.0 Å². The van der Waals surface area contributed by atoms with Crippen molar-refractivity contribution in [3.05, 3.63) is 56.4 Å². The monoisotopic (exact) mass is 341 g/mol. The third kappa shape index (κ3) is 3.08. The summed E-state index contributed by atoms with van der Waals surface area (Å²) in [6.07, 6.45) is 0. The van der Waals surface area contributed by atoms with E-state index in [1.807, 2.05) is 26.8 Å². The second kappa shape index (κ2) is 6.40. The Labute approximate surface area is 146 Å². The van der Waals surface area contributed by atoms with E-state index in [-0.39, 0.29) is 11.6 Å². The number of anilines is 1. The lowest BCUT2D eigenvalue weighted by molar-refractivity contribution is 0.791. The van der Waals surface area contributed by atoms with Crippen LogP contribution in [0, 0.1) is 13.8 Å².